The van der Waals surface area contributed by atoms with Gasteiger partial charge in [-0.3, -0.25) is 9.59 Å². The maximum absolute atomic E-state index is 12.6. The van der Waals surface area contributed by atoms with Crippen LogP contribution in [-0.2, 0) is 22.3 Å². The van der Waals surface area contributed by atoms with E-state index in [0.717, 1.165) is 12.1 Å². The number of carbonyl (C=O) groups excluding carboxylic acids is 1. The van der Waals surface area contributed by atoms with Gasteiger partial charge in [-0.15, -0.1) is 0 Å². The van der Waals surface area contributed by atoms with Crippen molar-refractivity contribution in [3.8, 4) is 0 Å². The van der Waals surface area contributed by atoms with Gasteiger partial charge >= 0.3 is 12.1 Å². The van der Waals surface area contributed by atoms with Crippen molar-refractivity contribution in [2.24, 2.45) is 5.92 Å². The number of carboxylic acid groups (broad SMARTS) is 1. The summed E-state index contributed by atoms with van der Waals surface area (Å²) < 4.78 is 37.9. The molecule has 1 aromatic rings. The lowest BCUT2D eigenvalue weighted by Crippen LogP contribution is -2.42. The van der Waals surface area contributed by atoms with Crippen LogP contribution in [0.15, 0.2) is 24.3 Å². The van der Waals surface area contributed by atoms with Crippen molar-refractivity contribution >= 4 is 11.9 Å². The molecule has 0 aromatic heterocycles. The quantitative estimate of drug-likeness (QED) is 0.933. The van der Waals surface area contributed by atoms with E-state index in [1.54, 1.807) is 0 Å². The highest BCUT2D eigenvalue weighted by Gasteiger charge is 2.32. The van der Waals surface area contributed by atoms with Crippen molar-refractivity contribution in [2.45, 2.75) is 25.6 Å². The van der Waals surface area contributed by atoms with Gasteiger partial charge in [0.1, 0.15) is 0 Å². The minimum Gasteiger partial charge on any atom is -0.481 e. The van der Waals surface area contributed by atoms with Gasteiger partial charge in [0.2, 0.25) is 5.91 Å². The van der Waals surface area contributed by atoms with Crippen molar-refractivity contribution in [3.63, 3.8) is 0 Å². The second-order valence-corrected chi connectivity index (χ2v) is 5.05. The van der Waals surface area contributed by atoms with Gasteiger partial charge in [-0.05, 0) is 24.1 Å². The van der Waals surface area contributed by atoms with Crippen molar-refractivity contribution in [3.05, 3.63) is 35.4 Å². The maximum atomic E-state index is 12.6. The SMILES string of the molecule is O=C(O)[C@@H]1CCC(=O)N(Cc2cccc(C(F)(F)F)c2)C1. The maximum Gasteiger partial charge on any atom is 0.416 e. The number of halogens is 3. The standard InChI is InChI=1S/C14H14F3NO3/c15-14(16,17)11-3-1-2-9(6-11)7-18-8-10(13(20)21)4-5-12(18)19/h1-3,6,10H,4-5,7-8H2,(H,20,21)/t10-/m1/s1. The summed E-state index contributed by atoms with van der Waals surface area (Å²) in [7, 11) is 0. The molecule has 0 bridgehead atoms. The molecule has 0 radical (unpaired) electrons. The molecular formula is C14H14F3NO3. The van der Waals surface area contributed by atoms with Gasteiger partial charge in [-0.1, -0.05) is 12.1 Å². The molecule has 0 aliphatic carbocycles. The van der Waals surface area contributed by atoms with Gasteiger partial charge in [0.25, 0.3) is 0 Å². The highest BCUT2D eigenvalue weighted by Crippen LogP contribution is 2.30. The number of hydrogen-bond donors (Lipinski definition) is 1. The molecule has 4 nitrogen and oxygen atoms in total. The third-order valence-electron chi connectivity index (χ3n) is 3.48. The largest absolute Gasteiger partial charge is 0.481 e. The fourth-order valence-electron chi connectivity index (χ4n) is 2.34. The van der Waals surface area contributed by atoms with Gasteiger partial charge in [0, 0.05) is 19.5 Å². The molecule has 2 rings (SSSR count). The van der Waals surface area contributed by atoms with Gasteiger partial charge in [0.05, 0.1) is 11.5 Å². The van der Waals surface area contributed by atoms with E-state index in [2.05, 4.69) is 0 Å². The molecule has 1 atom stereocenters. The first-order valence-electron chi connectivity index (χ1n) is 6.44. The molecule has 0 unspecified atom stereocenters. The summed E-state index contributed by atoms with van der Waals surface area (Å²) in [6.07, 6.45) is -4.06. The third-order valence-corrected chi connectivity index (χ3v) is 3.48. The number of aliphatic carboxylic acids is 1. The van der Waals surface area contributed by atoms with Gasteiger partial charge < -0.3 is 10.0 Å². The van der Waals surface area contributed by atoms with Crippen molar-refractivity contribution < 1.29 is 27.9 Å². The average Bonchev–Trinajstić information content (AvgIpc) is 2.40. The minimum absolute atomic E-state index is 0.00741. The van der Waals surface area contributed by atoms with Gasteiger partial charge in [-0.2, -0.15) is 13.2 Å². The summed E-state index contributed by atoms with van der Waals surface area (Å²) in [5.74, 6) is -1.88. The average molecular weight is 301 g/mol. The fourth-order valence-corrected chi connectivity index (χ4v) is 2.34. The van der Waals surface area contributed by atoms with Crippen LogP contribution >= 0.6 is 0 Å². The van der Waals surface area contributed by atoms with Gasteiger partial charge in [-0.25, -0.2) is 0 Å². The number of alkyl halides is 3. The zero-order valence-corrected chi connectivity index (χ0v) is 11.1. The van der Waals surface area contributed by atoms with Crippen molar-refractivity contribution in [1.82, 2.24) is 4.90 Å². The topological polar surface area (TPSA) is 57.6 Å². The lowest BCUT2D eigenvalue weighted by molar-refractivity contribution is -0.147. The first-order valence-corrected chi connectivity index (χ1v) is 6.44. The molecule has 21 heavy (non-hydrogen) atoms. The zero-order valence-electron chi connectivity index (χ0n) is 11.1. The number of carboxylic acids is 1. The zero-order chi connectivity index (χ0) is 15.6. The fraction of sp³-hybridized carbons (Fsp3) is 0.429. The predicted octanol–water partition coefficient (Wildman–Crippen LogP) is 2.53. The normalized spacial score (nSPS) is 19.7. The Morgan fingerprint density at radius 2 is 2.10 bits per heavy atom. The lowest BCUT2D eigenvalue weighted by Gasteiger charge is -2.30. The van der Waals surface area contributed by atoms with Crippen LogP contribution in [0.4, 0.5) is 13.2 Å². The number of amides is 1. The summed E-state index contributed by atoms with van der Waals surface area (Å²) >= 11 is 0. The number of piperidine rings is 1. The monoisotopic (exact) mass is 301 g/mol. The second kappa shape index (κ2) is 5.75. The molecule has 0 saturated carbocycles. The van der Waals surface area contributed by atoms with E-state index in [9.17, 15) is 22.8 Å². The van der Waals surface area contributed by atoms with Crippen LogP contribution in [0.3, 0.4) is 0 Å². The Labute approximate surface area is 119 Å². The predicted molar refractivity (Wildman–Crippen MR) is 67.2 cm³/mol. The van der Waals surface area contributed by atoms with E-state index in [4.69, 9.17) is 5.11 Å². The van der Waals surface area contributed by atoms with Crippen LogP contribution < -0.4 is 0 Å². The molecule has 1 amide bonds. The Morgan fingerprint density at radius 3 is 2.71 bits per heavy atom. The van der Waals surface area contributed by atoms with E-state index in [-0.39, 0.29) is 31.8 Å². The summed E-state index contributed by atoms with van der Waals surface area (Å²) in [4.78, 5) is 24.0. The van der Waals surface area contributed by atoms with E-state index in [1.165, 1.54) is 17.0 Å². The highest BCUT2D eigenvalue weighted by molar-refractivity contribution is 5.80. The van der Waals surface area contributed by atoms with Crippen molar-refractivity contribution in [1.29, 1.82) is 0 Å². The molecule has 1 saturated heterocycles. The van der Waals surface area contributed by atoms with Crippen molar-refractivity contribution in [2.75, 3.05) is 6.54 Å². The third kappa shape index (κ3) is 3.74. The Balaban J connectivity index is 2.13. The number of rotatable bonds is 3. The van der Waals surface area contributed by atoms with Crippen LogP contribution in [0.2, 0.25) is 0 Å². The Kier molecular flexibility index (Phi) is 4.20. The first-order chi connectivity index (χ1) is 9.77. The number of likely N-dealkylation sites (tertiary alicyclic amines) is 1. The summed E-state index contributed by atoms with van der Waals surface area (Å²) in [6.45, 7) is 0.0247. The van der Waals surface area contributed by atoms with Gasteiger partial charge in [0.15, 0.2) is 0 Å². The Bertz CT molecular complexity index is 557. The summed E-state index contributed by atoms with van der Waals surface area (Å²) in [5.41, 5.74) is -0.441. The van der Waals surface area contributed by atoms with Crippen LogP contribution in [0.25, 0.3) is 0 Å². The van der Waals surface area contributed by atoms with E-state index in [0.29, 0.717) is 5.56 Å². The van der Waals surface area contributed by atoms with E-state index in [1.807, 2.05) is 0 Å². The molecule has 1 aliphatic rings. The summed E-state index contributed by atoms with van der Waals surface area (Å²) in [6, 6.07) is 4.72. The Morgan fingerprint density at radius 1 is 1.38 bits per heavy atom. The first kappa shape index (κ1) is 15.3. The smallest absolute Gasteiger partial charge is 0.416 e. The molecule has 0 spiro atoms. The summed E-state index contributed by atoms with van der Waals surface area (Å²) in [5, 5.41) is 8.97. The molecule has 1 aromatic carbocycles. The van der Waals surface area contributed by atoms with E-state index < -0.39 is 23.6 Å². The second-order valence-electron chi connectivity index (χ2n) is 5.05. The van der Waals surface area contributed by atoms with Crippen LogP contribution in [0.1, 0.15) is 24.0 Å². The molecule has 114 valence electrons. The van der Waals surface area contributed by atoms with Crippen LogP contribution in [-0.4, -0.2) is 28.4 Å². The number of carbonyl (C=O) groups is 2. The van der Waals surface area contributed by atoms with E-state index >= 15 is 0 Å². The highest BCUT2D eigenvalue weighted by atomic mass is 19.4. The molecule has 1 fully saturated rings. The lowest BCUT2D eigenvalue weighted by atomic mass is 9.97. The van der Waals surface area contributed by atoms with Crippen LogP contribution in [0, 0.1) is 5.92 Å². The minimum atomic E-state index is -4.44. The van der Waals surface area contributed by atoms with Crippen LogP contribution in [0.5, 0.6) is 0 Å². The Hall–Kier alpha value is -2.05. The molecule has 1 heterocycles. The molecule has 1 aliphatic heterocycles. The molecular weight excluding hydrogens is 287 g/mol. The molecule has 1 N–H and O–H groups in total. The number of hydrogen-bond acceptors (Lipinski definition) is 2. The number of nitrogens with zero attached hydrogens (tertiary/aromatic N) is 1. The molecule has 7 heteroatoms. The number of benzene rings is 1.